The molecule has 0 saturated carbocycles. The second-order valence-electron chi connectivity index (χ2n) is 4.76. The van der Waals surface area contributed by atoms with Gasteiger partial charge in [0.1, 0.15) is 18.4 Å². The summed E-state index contributed by atoms with van der Waals surface area (Å²) in [7, 11) is 0. The fourth-order valence-corrected chi connectivity index (χ4v) is 1.83. The quantitative estimate of drug-likeness (QED) is 0.629. The first-order valence-electron chi connectivity index (χ1n) is 6.40. The van der Waals surface area contributed by atoms with Crippen molar-refractivity contribution in [1.82, 2.24) is 14.8 Å². The molecule has 0 aliphatic rings. The third kappa shape index (κ3) is 3.64. The predicted octanol–water partition coefficient (Wildman–Crippen LogP) is 2.88. The lowest BCUT2D eigenvalue weighted by Gasteiger charge is -2.08. The van der Waals surface area contributed by atoms with Crippen LogP contribution in [0.4, 0.5) is 0 Å². The van der Waals surface area contributed by atoms with E-state index in [2.05, 4.69) is 10.1 Å². The van der Waals surface area contributed by atoms with Gasteiger partial charge in [-0.1, -0.05) is 25.4 Å². The molecule has 21 heavy (non-hydrogen) atoms. The summed E-state index contributed by atoms with van der Waals surface area (Å²) in [5.41, 5.74) is 0.649. The maximum Gasteiger partial charge on any atom is 0.188 e. The number of carbonyl (C=O) groups is 2. The first kappa shape index (κ1) is 15.1. The molecule has 0 N–H and O–H groups in total. The zero-order valence-electron chi connectivity index (χ0n) is 11.7. The molecule has 0 atom stereocenters. The van der Waals surface area contributed by atoms with E-state index in [-0.39, 0.29) is 23.2 Å². The van der Waals surface area contributed by atoms with Gasteiger partial charge >= 0.3 is 0 Å². The number of Topliss-reactive ketones (excluding diaryl/α,β-unsaturated/α-hetero) is 1. The first-order chi connectivity index (χ1) is 9.99. The molecule has 0 bridgehead atoms. The van der Waals surface area contributed by atoms with Crippen LogP contribution in [-0.2, 0) is 4.79 Å². The van der Waals surface area contributed by atoms with Gasteiger partial charge < -0.3 is 0 Å². The standard InChI is InChI=1S/C15H14ClN3O2/c1-10(2)15(21)13(19-9-17-8-18-19)7-14(20)11-3-5-12(16)6-4-11/h3-10H,1-2H3. The Morgan fingerprint density at radius 2 is 1.90 bits per heavy atom. The average Bonchev–Trinajstić information content (AvgIpc) is 2.98. The second kappa shape index (κ2) is 6.45. The molecule has 0 radical (unpaired) electrons. The van der Waals surface area contributed by atoms with E-state index in [9.17, 15) is 9.59 Å². The van der Waals surface area contributed by atoms with Gasteiger partial charge in [0.05, 0.1) is 0 Å². The van der Waals surface area contributed by atoms with Gasteiger partial charge in [0.25, 0.3) is 0 Å². The van der Waals surface area contributed by atoms with Crippen LogP contribution in [0.3, 0.4) is 0 Å². The number of hydrogen-bond acceptors (Lipinski definition) is 4. The number of hydrogen-bond donors (Lipinski definition) is 0. The molecule has 0 unspecified atom stereocenters. The van der Waals surface area contributed by atoms with E-state index in [4.69, 9.17) is 11.6 Å². The number of halogens is 1. The Bertz CT molecular complexity index is 673. The summed E-state index contributed by atoms with van der Waals surface area (Å²) in [4.78, 5) is 28.3. The van der Waals surface area contributed by atoms with Crippen LogP contribution in [0, 0.1) is 5.92 Å². The monoisotopic (exact) mass is 303 g/mol. The van der Waals surface area contributed by atoms with Crippen molar-refractivity contribution >= 4 is 28.9 Å². The molecule has 0 saturated heterocycles. The Hall–Kier alpha value is -2.27. The number of carbonyl (C=O) groups excluding carboxylic acids is 2. The van der Waals surface area contributed by atoms with E-state index in [0.717, 1.165) is 0 Å². The summed E-state index contributed by atoms with van der Waals surface area (Å²) < 4.78 is 1.30. The molecule has 2 aromatic rings. The largest absolute Gasteiger partial charge is 0.292 e. The zero-order chi connectivity index (χ0) is 15.4. The molecule has 0 fully saturated rings. The zero-order valence-corrected chi connectivity index (χ0v) is 12.4. The minimum atomic E-state index is -0.286. The van der Waals surface area contributed by atoms with Crippen molar-refractivity contribution in [3.05, 3.63) is 53.6 Å². The van der Waals surface area contributed by atoms with Gasteiger partial charge in [-0.2, -0.15) is 5.10 Å². The van der Waals surface area contributed by atoms with Crippen molar-refractivity contribution in [3.63, 3.8) is 0 Å². The topological polar surface area (TPSA) is 64.8 Å². The minimum absolute atomic E-state index is 0.178. The third-order valence-corrected chi connectivity index (χ3v) is 3.09. The highest BCUT2D eigenvalue weighted by Gasteiger charge is 2.18. The molecule has 108 valence electrons. The summed E-state index contributed by atoms with van der Waals surface area (Å²) in [6.45, 7) is 3.53. The molecule has 2 rings (SSSR count). The van der Waals surface area contributed by atoms with Crippen LogP contribution in [0.25, 0.3) is 5.70 Å². The van der Waals surface area contributed by atoms with Gasteiger partial charge in [-0.15, -0.1) is 0 Å². The van der Waals surface area contributed by atoms with Gasteiger partial charge in [-0.3, -0.25) is 9.59 Å². The van der Waals surface area contributed by atoms with E-state index in [0.29, 0.717) is 10.6 Å². The molecule has 0 aliphatic heterocycles. The number of aromatic nitrogens is 3. The van der Waals surface area contributed by atoms with Gasteiger partial charge in [0.2, 0.25) is 0 Å². The van der Waals surface area contributed by atoms with Crippen LogP contribution >= 0.6 is 11.6 Å². The van der Waals surface area contributed by atoms with E-state index in [1.807, 2.05) is 0 Å². The van der Waals surface area contributed by atoms with Crippen molar-refractivity contribution in [1.29, 1.82) is 0 Å². The Balaban J connectivity index is 2.38. The highest BCUT2D eigenvalue weighted by atomic mass is 35.5. The summed E-state index contributed by atoms with van der Waals surface area (Å²) in [6.07, 6.45) is 3.98. The Morgan fingerprint density at radius 1 is 1.24 bits per heavy atom. The summed E-state index contributed by atoms with van der Waals surface area (Å²) in [5, 5.41) is 4.47. The van der Waals surface area contributed by atoms with Crippen molar-refractivity contribution in [2.75, 3.05) is 0 Å². The number of allylic oxidation sites excluding steroid dienone is 2. The number of benzene rings is 1. The van der Waals surface area contributed by atoms with Gasteiger partial charge in [0.15, 0.2) is 11.6 Å². The lowest BCUT2D eigenvalue weighted by Crippen LogP contribution is -2.16. The summed E-state index contributed by atoms with van der Waals surface area (Å²) >= 11 is 5.79. The molecule has 0 amide bonds. The molecule has 6 heteroatoms. The van der Waals surface area contributed by atoms with Crippen LogP contribution in [0.5, 0.6) is 0 Å². The predicted molar refractivity (Wildman–Crippen MR) is 79.9 cm³/mol. The van der Waals surface area contributed by atoms with Crippen LogP contribution < -0.4 is 0 Å². The van der Waals surface area contributed by atoms with Crippen LogP contribution in [-0.4, -0.2) is 26.3 Å². The summed E-state index contributed by atoms with van der Waals surface area (Å²) in [5.74, 6) is -0.715. The van der Waals surface area contributed by atoms with E-state index < -0.39 is 0 Å². The van der Waals surface area contributed by atoms with E-state index >= 15 is 0 Å². The van der Waals surface area contributed by atoms with Crippen molar-refractivity contribution < 1.29 is 9.59 Å². The van der Waals surface area contributed by atoms with Crippen LogP contribution in [0.1, 0.15) is 24.2 Å². The fourth-order valence-electron chi connectivity index (χ4n) is 1.70. The fraction of sp³-hybridized carbons (Fsp3) is 0.200. The number of rotatable bonds is 5. The lowest BCUT2D eigenvalue weighted by atomic mass is 10.0. The van der Waals surface area contributed by atoms with E-state index in [1.54, 1.807) is 38.1 Å². The highest BCUT2D eigenvalue weighted by Crippen LogP contribution is 2.15. The number of nitrogens with zero attached hydrogens (tertiary/aromatic N) is 3. The molecule has 0 aliphatic carbocycles. The first-order valence-corrected chi connectivity index (χ1v) is 6.77. The van der Waals surface area contributed by atoms with E-state index in [1.165, 1.54) is 23.4 Å². The molecular formula is C15H14ClN3O2. The van der Waals surface area contributed by atoms with Crippen LogP contribution in [0.2, 0.25) is 5.02 Å². The molecule has 1 aromatic heterocycles. The SMILES string of the molecule is CC(C)C(=O)C(=CC(=O)c1ccc(Cl)cc1)n1cncn1. The molecule has 1 aromatic carbocycles. The van der Waals surface area contributed by atoms with Gasteiger partial charge in [-0.05, 0) is 24.3 Å². The van der Waals surface area contributed by atoms with Crippen molar-refractivity contribution in [2.45, 2.75) is 13.8 Å². The van der Waals surface area contributed by atoms with Gasteiger partial charge in [-0.25, -0.2) is 9.67 Å². The van der Waals surface area contributed by atoms with Crippen LogP contribution in [0.15, 0.2) is 43.0 Å². The molecular weight excluding hydrogens is 290 g/mol. The Labute approximate surface area is 127 Å². The normalized spacial score (nSPS) is 11.7. The molecule has 1 heterocycles. The average molecular weight is 304 g/mol. The lowest BCUT2D eigenvalue weighted by molar-refractivity contribution is -0.116. The Kier molecular flexibility index (Phi) is 4.65. The third-order valence-electron chi connectivity index (χ3n) is 2.84. The smallest absolute Gasteiger partial charge is 0.188 e. The highest BCUT2D eigenvalue weighted by molar-refractivity contribution is 6.30. The number of ketones is 2. The maximum absolute atomic E-state index is 12.3. The summed E-state index contributed by atoms with van der Waals surface area (Å²) in [6, 6.07) is 6.48. The maximum atomic E-state index is 12.3. The molecule has 0 spiro atoms. The van der Waals surface area contributed by atoms with Crippen molar-refractivity contribution in [2.24, 2.45) is 5.92 Å². The van der Waals surface area contributed by atoms with Gasteiger partial charge in [0, 0.05) is 22.6 Å². The van der Waals surface area contributed by atoms with Crippen molar-refractivity contribution in [3.8, 4) is 0 Å². The minimum Gasteiger partial charge on any atom is -0.292 e. The second-order valence-corrected chi connectivity index (χ2v) is 5.20. The molecule has 5 nitrogen and oxygen atoms in total. The Morgan fingerprint density at radius 3 is 2.43 bits per heavy atom.